The molecular formula is C25H17IN2. The van der Waals surface area contributed by atoms with Gasteiger partial charge in [0.15, 0.2) is 0 Å². The molecule has 5 aromatic rings. The van der Waals surface area contributed by atoms with E-state index >= 15 is 0 Å². The van der Waals surface area contributed by atoms with E-state index in [-0.39, 0.29) is 0 Å². The Balaban J connectivity index is 1.83. The van der Waals surface area contributed by atoms with Gasteiger partial charge in [-0.15, -0.1) is 0 Å². The van der Waals surface area contributed by atoms with Gasteiger partial charge in [-0.25, -0.2) is 0 Å². The summed E-state index contributed by atoms with van der Waals surface area (Å²) in [6.07, 6.45) is 12.0. The summed E-state index contributed by atoms with van der Waals surface area (Å²) in [5.74, 6) is 0. The second-order valence-electron chi connectivity index (χ2n) is 7.19. The normalized spacial score (nSPS) is 14.4. The Labute approximate surface area is 176 Å². The first-order valence-corrected chi connectivity index (χ1v) is 10.5. The largest absolute Gasteiger partial charge is 0.309 e. The van der Waals surface area contributed by atoms with E-state index in [4.69, 9.17) is 0 Å². The van der Waals surface area contributed by atoms with Crippen LogP contribution in [0.5, 0.6) is 0 Å². The molecule has 0 spiro atoms. The Morgan fingerprint density at radius 1 is 0.679 bits per heavy atom. The third-order valence-corrected chi connectivity index (χ3v) is 6.67. The Morgan fingerprint density at radius 3 is 2.21 bits per heavy atom. The zero-order valence-electron chi connectivity index (χ0n) is 15.1. The van der Waals surface area contributed by atoms with Crippen LogP contribution in [0.3, 0.4) is 0 Å². The SMILES string of the molecule is In1c2ccccc2c2cc3c(cc21)c1ccccc1n3C1=CC=CCC=C1. The lowest BCUT2D eigenvalue weighted by molar-refractivity contribution is 1.24. The monoisotopic (exact) mass is 472 g/mol. The fourth-order valence-corrected chi connectivity index (χ4v) is 5.20. The number of halogens is 1. The third-order valence-electron chi connectivity index (χ3n) is 5.63. The minimum atomic E-state index is 0.976. The molecule has 1 aliphatic rings. The van der Waals surface area contributed by atoms with Crippen LogP contribution in [0, 0.1) is 0 Å². The van der Waals surface area contributed by atoms with Crippen molar-refractivity contribution >= 4 is 72.2 Å². The minimum Gasteiger partial charge on any atom is -0.309 e. The Kier molecular flexibility index (Phi) is 3.53. The molecule has 0 unspecified atom stereocenters. The van der Waals surface area contributed by atoms with Gasteiger partial charge in [0.25, 0.3) is 0 Å². The summed E-state index contributed by atoms with van der Waals surface area (Å²) in [7, 11) is 0. The summed E-state index contributed by atoms with van der Waals surface area (Å²) in [4.78, 5) is 0. The summed E-state index contributed by atoms with van der Waals surface area (Å²) < 4.78 is 4.68. The quantitative estimate of drug-likeness (QED) is 0.224. The first-order valence-electron chi connectivity index (χ1n) is 9.49. The molecule has 0 saturated heterocycles. The maximum absolute atomic E-state index is 2.42. The molecule has 0 radical (unpaired) electrons. The molecule has 0 amide bonds. The molecule has 2 heterocycles. The maximum Gasteiger partial charge on any atom is 0.0646 e. The summed E-state index contributed by atoms with van der Waals surface area (Å²) in [5, 5.41) is 5.20. The van der Waals surface area contributed by atoms with E-state index in [1.54, 1.807) is 0 Å². The van der Waals surface area contributed by atoms with Gasteiger partial charge in [-0.1, -0.05) is 54.6 Å². The first-order chi connectivity index (χ1) is 13.8. The van der Waals surface area contributed by atoms with Crippen molar-refractivity contribution in [3.8, 4) is 0 Å². The molecule has 6 rings (SSSR count). The molecule has 134 valence electrons. The molecule has 1 aliphatic carbocycles. The number of para-hydroxylation sites is 2. The second kappa shape index (κ2) is 6.11. The summed E-state index contributed by atoms with van der Waals surface area (Å²) in [5.41, 5.74) is 6.24. The molecule has 0 aliphatic heterocycles. The molecule has 3 heteroatoms. The molecule has 0 saturated carbocycles. The summed E-state index contributed by atoms with van der Waals surface area (Å²) in [6.45, 7) is 0. The van der Waals surface area contributed by atoms with Crippen LogP contribution in [-0.4, -0.2) is 7.35 Å². The van der Waals surface area contributed by atoms with E-state index in [0.29, 0.717) is 0 Å². The lowest BCUT2D eigenvalue weighted by atomic mass is 10.1. The van der Waals surface area contributed by atoms with Gasteiger partial charge in [-0.3, -0.25) is 2.78 Å². The standard InChI is InChI=1S/C25H17IN2/c26-28-23-14-8-6-12-19(23)21-15-24-20(16-25(21)28)18-11-5-7-13-22(18)27(24)17-9-3-1-2-4-10-17/h1,3-16H,2H2. The van der Waals surface area contributed by atoms with Crippen LogP contribution in [0.4, 0.5) is 0 Å². The van der Waals surface area contributed by atoms with Crippen LogP contribution >= 0.6 is 22.9 Å². The van der Waals surface area contributed by atoms with Crippen molar-refractivity contribution in [3.05, 3.63) is 91.0 Å². The fraction of sp³-hybridized carbons (Fsp3) is 0.0400. The van der Waals surface area contributed by atoms with Gasteiger partial charge in [0.05, 0.1) is 44.9 Å². The third kappa shape index (κ3) is 2.20. The summed E-state index contributed by atoms with van der Waals surface area (Å²) >= 11 is 2.42. The predicted molar refractivity (Wildman–Crippen MR) is 129 cm³/mol. The van der Waals surface area contributed by atoms with Crippen LogP contribution in [0.25, 0.3) is 49.3 Å². The number of hydrogen-bond donors (Lipinski definition) is 0. The average Bonchev–Trinajstić information content (AvgIpc) is 3.04. The molecule has 2 aromatic heterocycles. The van der Waals surface area contributed by atoms with Crippen molar-refractivity contribution in [1.82, 2.24) is 7.35 Å². The average molecular weight is 472 g/mol. The molecule has 28 heavy (non-hydrogen) atoms. The van der Waals surface area contributed by atoms with E-state index < -0.39 is 0 Å². The highest BCUT2D eigenvalue weighted by Crippen LogP contribution is 2.39. The zero-order chi connectivity index (χ0) is 18.7. The maximum atomic E-state index is 2.42. The van der Waals surface area contributed by atoms with Crippen LogP contribution in [0.1, 0.15) is 6.42 Å². The fourth-order valence-electron chi connectivity index (χ4n) is 4.38. The number of nitrogens with zero attached hydrogens (tertiary/aromatic N) is 2. The number of aromatic nitrogens is 2. The Bertz CT molecular complexity index is 1490. The van der Waals surface area contributed by atoms with Gasteiger partial charge >= 0.3 is 0 Å². The lowest BCUT2D eigenvalue weighted by Crippen LogP contribution is -1.94. The van der Waals surface area contributed by atoms with Gasteiger partial charge in [0.2, 0.25) is 0 Å². The van der Waals surface area contributed by atoms with Crippen molar-refractivity contribution in [2.45, 2.75) is 6.42 Å². The van der Waals surface area contributed by atoms with E-state index in [1.165, 1.54) is 49.3 Å². The number of fused-ring (bicyclic) bond motifs is 6. The van der Waals surface area contributed by atoms with Crippen LogP contribution in [-0.2, 0) is 0 Å². The van der Waals surface area contributed by atoms with E-state index in [1.807, 2.05) is 0 Å². The molecular weight excluding hydrogens is 455 g/mol. The highest BCUT2D eigenvalue weighted by molar-refractivity contribution is 14.1. The predicted octanol–water partition coefficient (Wildman–Crippen LogP) is 7.46. The second-order valence-corrected chi connectivity index (χ2v) is 8.16. The van der Waals surface area contributed by atoms with E-state index in [2.05, 4.69) is 121 Å². The lowest BCUT2D eigenvalue weighted by Gasteiger charge is -2.08. The Hall–Kier alpha value is -2.79. The zero-order valence-corrected chi connectivity index (χ0v) is 17.3. The van der Waals surface area contributed by atoms with Crippen molar-refractivity contribution in [2.75, 3.05) is 0 Å². The molecule has 3 aromatic carbocycles. The molecule has 0 N–H and O–H groups in total. The molecule has 2 nitrogen and oxygen atoms in total. The van der Waals surface area contributed by atoms with Crippen LogP contribution in [0.15, 0.2) is 91.0 Å². The highest BCUT2D eigenvalue weighted by Gasteiger charge is 2.16. The van der Waals surface area contributed by atoms with Crippen molar-refractivity contribution in [2.24, 2.45) is 0 Å². The number of allylic oxidation sites excluding steroid dienone is 6. The van der Waals surface area contributed by atoms with Crippen LogP contribution < -0.4 is 0 Å². The smallest absolute Gasteiger partial charge is 0.0646 e. The van der Waals surface area contributed by atoms with Gasteiger partial charge < -0.3 is 4.57 Å². The topological polar surface area (TPSA) is 9.86 Å². The van der Waals surface area contributed by atoms with Crippen molar-refractivity contribution in [1.29, 1.82) is 0 Å². The molecule has 0 fully saturated rings. The van der Waals surface area contributed by atoms with E-state index in [9.17, 15) is 0 Å². The number of benzene rings is 3. The minimum absolute atomic E-state index is 0.976. The van der Waals surface area contributed by atoms with E-state index in [0.717, 1.165) is 6.42 Å². The van der Waals surface area contributed by atoms with Gasteiger partial charge in [0.1, 0.15) is 0 Å². The Morgan fingerprint density at radius 2 is 1.36 bits per heavy atom. The van der Waals surface area contributed by atoms with Gasteiger partial charge in [-0.05, 0) is 42.8 Å². The number of hydrogen-bond acceptors (Lipinski definition) is 0. The molecule has 0 bridgehead atoms. The highest BCUT2D eigenvalue weighted by atomic mass is 127. The first kappa shape index (κ1) is 16.2. The summed E-state index contributed by atoms with van der Waals surface area (Å²) in [6, 6.07) is 22.1. The van der Waals surface area contributed by atoms with Crippen LogP contribution in [0.2, 0.25) is 0 Å². The van der Waals surface area contributed by atoms with Crippen molar-refractivity contribution < 1.29 is 0 Å². The van der Waals surface area contributed by atoms with Crippen molar-refractivity contribution in [3.63, 3.8) is 0 Å². The van der Waals surface area contributed by atoms with Gasteiger partial charge in [0, 0.05) is 27.2 Å². The molecule has 0 atom stereocenters. The van der Waals surface area contributed by atoms with Gasteiger partial charge in [-0.2, -0.15) is 0 Å². The number of rotatable bonds is 1.